The molecule has 1 N–H and O–H groups in total. The van der Waals surface area contributed by atoms with Gasteiger partial charge in [0.1, 0.15) is 0 Å². The topological polar surface area (TPSA) is 53.4 Å². The maximum absolute atomic E-state index is 14.1. The predicted molar refractivity (Wildman–Crippen MR) is 71.4 cm³/mol. The molecule has 2 rings (SSSR count). The van der Waals surface area contributed by atoms with E-state index in [2.05, 4.69) is 4.98 Å². The van der Waals surface area contributed by atoms with Gasteiger partial charge in [-0.25, -0.2) is 14.2 Å². The van der Waals surface area contributed by atoms with Crippen molar-refractivity contribution in [3.63, 3.8) is 0 Å². The van der Waals surface area contributed by atoms with Crippen LogP contribution < -0.4 is 4.90 Å². The summed E-state index contributed by atoms with van der Waals surface area (Å²) < 4.78 is 14.1. The molecular weight excluding hydrogens is 271 g/mol. The van der Waals surface area contributed by atoms with Crippen molar-refractivity contribution in [2.24, 2.45) is 0 Å². The Kier molecular flexibility index (Phi) is 3.43. The third-order valence-corrected chi connectivity index (χ3v) is 3.27. The van der Waals surface area contributed by atoms with Gasteiger partial charge in [-0.15, -0.1) is 0 Å². The van der Waals surface area contributed by atoms with E-state index in [1.165, 1.54) is 6.07 Å². The third kappa shape index (κ3) is 2.81. The Bertz CT molecular complexity index is 524. The standard InChI is InChI=1S/C13H16ClFN2O2/c1-13(2,3)17(12(18)19)9-6-8(7-4-5-7)16-11(14)10(9)15/h6-7H,4-5H2,1-3H3,(H,18,19). The third-order valence-electron chi connectivity index (χ3n) is 3.02. The van der Waals surface area contributed by atoms with Gasteiger partial charge in [0, 0.05) is 17.2 Å². The quantitative estimate of drug-likeness (QED) is 0.835. The maximum Gasteiger partial charge on any atom is 0.412 e. The molecule has 1 amide bonds. The molecule has 19 heavy (non-hydrogen) atoms. The molecule has 4 nitrogen and oxygen atoms in total. The van der Waals surface area contributed by atoms with Gasteiger partial charge in [-0.2, -0.15) is 0 Å². The average Bonchev–Trinajstić information content (AvgIpc) is 3.05. The van der Waals surface area contributed by atoms with Gasteiger partial charge < -0.3 is 5.11 Å². The fourth-order valence-electron chi connectivity index (χ4n) is 2.01. The van der Waals surface area contributed by atoms with Crippen molar-refractivity contribution in [3.05, 3.63) is 22.7 Å². The molecule has 0 aliphatic heterocycles. The maximum atomic E-state index is 14.1. The van der Waals surface area contributed by atoms with Crippen LogP contribution in [0.4, 0.5) is 14.9 Å². The summed E-state index contributed by atoms with van der Waals surface area (Å²) in [7, 11) is 0. The molecule has 1 aromatic rings. The van der Waals surface area contributed by atoms with E-state index in [0.29, 0.717) is 5.69 Å². The van der Waals surface area contributed by atoms with Gasteiger partial charge in [0.2, 0.25) is 0 Å². The summed E-state index contributed by atoms with van der Waals surface area (Å²) >= 11 is 5.78. The zero-order valence-corrected chi connectivity index (χ0v) is 11.8. The molecule has 0 spiro atoms. The highest BCUT2D eigenvalue weighted by Gasteiger charge is 2.34. The number of hydrogen-bond acceptors (Lipinski definition) is 2. The lowest BCUT2D eigenvalue weighted by atomic mass is 10.1. The van der Waals surface area contributed by atoms with Crippen LogP contribution in [-0.2, 0) is 0 Å². The summed E-state index contributed by atoms with van der Waals surface area (Å²) in [5.74, 6) is -0.518. The average molecular weight is 287 g/mol. The molecule has 1 saturated carbocycles. The van der Waals surface area contributed by atoms with Crippen LogP contribution in [0.1, 0.15) is 45.2 Å². The molecule has 6 heteroatoms. The van der Waals surface area contributed by atoms with E-state index in [9.17, 15) is 14.3 Å². The minimum absolute atomic E-state index is 0.0260. The van der Waals surface area contributed by atoms with Crippen LogP contribution in [0.3, 0.4) is 0 Å². The Morgan fingerprint density at radius 2 is 2.11 bits per heavy atom. The zero-order valence-electron chi connectivity index (χ0n) is 11.1. The normalized spacial score (nSPS) is 15.4. The molecular formula is C13H16ClFN2O2. The number of nitrogens with zero attached hydrogens (tertiary/aromatic N) is 2. The lowest BCUT2D eigenvalue weighted by Gasteiger charge is -2.33. The van der Waals surface area contributed by atoms with Crippen LogP contribution in [0.15, 0.2) is 6.07 Å². The van der Waals surface area contributed by atoms with Crippen molar-refractivity contribution >= 4 is 23.4 Å². The lowest BCUT2D eigenvalue weighted by molar-refractivity contribution is 0.195. The summed E-state index contributed by atoms with van der Waals surface area (Å²) in [5, 5.41) is 9.05. The molecule has 1 aliphatic rings. The first-order valence-corrected chi connectivity index (χ1v) is 6.48. The highest BCUT2D eigenvalue weighted by atomic mass is 35.5. The molecule has 1 fully saturated rings. The Balaban J connectivity index is 2.55. The number of pyridine rings is 1. The van der Waals surface area contributed by atoms with Crippen molar-refractivity contribution in [1.82, 2.24) is 4.98 Å². The zero-order chi connectivity index (χ0) is 14.4. The molecule has 0 radical (unpaired) electrons. The molecule has 0 saturated heterocycles. The number of carbonyl (C=O) groups is 1. The Labute approximate surface area is 116 Å². The molecule has 0 atom stereocenters. The van der Waals surface area contributed by atoms with Gasteiger partial charge in [0.25, 0.3) is 0 Å². The molecule has 1 heterocycles. The van der Waals surface area contributed by atoms with E-state index in [1.54, 1.807) is 20.8 Å². The highest BCUT2D eigenvalue weighted by Crippen LogP contribution is 2.42. The van der Waals surface area contributed by atoms with E-state index in [-0.39, 0.29) is 16.8 Å². The van der Waals surface area contributed by atoms with Crippen molar-refractivity contribution in [2.45, 2.75) is 45.1 Å². The van der Waals surface area contributed by atoms with E-state index in [0.717, 1.165) is 17.7 Å². The monoisotopic (exact) mass is 286 g/mol. The summed E-state index contributed by atoms with van der Waals surface area (Å²) in [6, 6.07) is 1.50. The molecule has 0 aromatic carbocycles. The highest BCUT2D eigenvalue weighted by molar-refractivity contribution is 6.30. The van der Waals surface area contributed by atoms with Crippen molar-refractivity contribution in [3.8, 4) is 0 Å². The second kappa shape index (κ2) is 4.63. The number of anilines is 1. The summed E-state index contributed by atoms with van der Waals surface area (Å²) in [6.45, 7) is 5.10. The van der Waals surface area contributed by atoms with Crippen LogP contribution in [-0.4, -0.2) is 21.7 Å². The first kappa shape index (κ1) is 14.1. The summed E-state index contributed by atoms with van der Waals surface area (Å²) in [6.07, 6.45) is 0.754. The van der Waals surface area contributed by atoms with Crippen molar-refractivity contribution in [2.75, 3.05) is 4.90 Å². The second-order valence-corrected chi connectivity index (χ2v) is 6.09. The van der Waals surface area contributed by atoms with E-state index < -0.39 is 17.4 Å². The van der Waals surface area contributed by atoms with Crippen LogP contribution in [0, 0.1) is 5.82 Å². The predicted octanol–water partition coefficient (Wildman–Crippen LogP) is 4.03. The SMILES string of the molecule is CC(C)(C)N(C(=O)O)c1cc(C2CC2)nc(Cl)c1F. The lowest BCUT2D eigenvalue weighted by Crippen LogP contribution is -2.45. The molecule has 1 aliphatic carbocycles. The number of halogens is 2. The number of amides is 1. The van der Waals surface area contributed by atoms with E-state index in [4.69, 9.17) is 11.6 Å². The number of rotatable bonds is 2. The molecule has 0 unspecified atom stereocenters. The molecule has 1 aromatic heterocycles. The smallest absolute Gasteiger partial charge is 0.412 e. The fraction of sp³-hybridized carbons (Fsp3) is 0.538. The van der Waals surface area contributed by atoms with Crippen LogP contribution in [0.5, 0.6) is 0 Å². The van der Waals surface area contributed by atoms with Crippen LogP contribution in [0.2, 0.25) is 5.15 Å². The first-order valence-electron chi connectivity index (χ1n) is 6.11. The minimum atomic E-state index is -1.21. The second-order valence-electron chi connectivity index (χ2n) is 5.73. The van der Waals surface area contributed by atoms with Crippen LogP contribution >= 0.6 is 11.6 Å². The van der Waals surface area contributed by atoms with Gasteiger partial charge in [-0.1, -0.05) is 11.6 Å². The molecule has 104 valence electrons. The van der Waals surface area contributed by atoms with Gasteiger partial charge in [0.15, 0.2) is 11.0 Å². The van der Waals surface area contributed by atoms with E-state index >= 15 is 0 Å². The fourth-order valence-corrected chi connectivity index (χ4v) is 2.20. The number of hydrogen-bond donors (Lipinski definition) is 1. The van der Waals surface area contributed by atoms with Gasteiger partial charge in [-0.05, 0) is 39.7 Å². The molecule has 0 bridgehead atoms. The Morgan fingerprint density at radius 3 is 2.53 bits per heavy atom. The number of aromatic nitrogens is 1. The van der Waals surface area contributed by atoms with Crippen molar-refractivity contribution < 1.29 is 14.3 Å². The van der Waals surface area contributed by atoms with Crippen molar-refractivity contribution in [1.29, 1.82) is 0 Å². The van der Waals surface area contributed by atoms with Gasteiger partial charge >= 0.3 is 6.09 Å². The minimum Gasteiger partial charge on any atom is -0.465 e. The number of carboxylic acid groups (broad SMARTS) is 1. The van der Waals surface area contributed by atoms with Gasteiger partial charge in [0.05, 0.1) is 5.69 Å². The van der Waals surface area contributed by atoms with Gasteiger partial charge in [-0.3, -0.25) is 4.90 Å². The van der Waals surface area contributed by atoms with E-state index in [1.807, 2.05) is 0 Å². The summed E-state index contributed by atoms with van der Waals surface area (Å²) in [5.41, 5.74) is -0.128. The Hall–Kier alpha value is -1.36. The largest absolute Gasteiger partial charge is 0.465 e. The summed E-state index contributed by atoms with van der Waals surface area (Å²) in [4.78, 5) is 16.4. The first-order chi connectivity index (χ1) is 8.71. The van der Waals surface area contributed by atoms with Crippen LogP contribution in [0.25, 0.3) is 0 Å². The Morgan fingerprint density at radius 1 is 1.53 bits per heavy atom.